The topological polar surface area (TPSA) is 32.3 Å². The van der Waals surface area contributed by atoms with Crippen molar-refractivity contribution in [3.05, 3.63) is 28.8 Å². The van der Waals surface area contributed by atoms with Crippen LogP contribution in [0.15, 0.2) is 18.2 Å². The predicted molar refractivity (Wildman–Crippen MR) is 75.1 cm³/mol. The Labute approximate surface area is 113 Å². The summed E-state index contributed by atoms with van der Waals surface area (Å²) in [5.41, 5.74) is 2.04. The molecule has 0 atom stereocenters. The molecule has 3 nitrogen and oxygen atoms in total. The van der Waals surface area contributed by atoms with Gasteiger partial charge < -0.3 is 10.2 Å². The van der Waals surface area contributed by atoms with Crippen molar-refractivity contribution in [1.29, 1.82) is 0 Å². The SMILES string of the molecule is Cc1cc(Cl)ccc1NCC(=O)N1CCCCC1. The molecule has 0 bridgehead atoms. The van der Waals surface area contributed by atoms with Crippen LogP contribution in [0.5, 0.6) is 0 Å². The maximum absolute atomic E-state index is 12.0. The summed E-state index contributed by atoms with van der Waals surface area (Å²) >= 11 is 5.90. The van der Waals surface area contributed by atoms with Gasteiger partial charge in [-0.25, -0.2) is 0 Å². The van der Waals surface area contributed by atoms with Crippen LogP contribution in [0.2, 0.25) is 5.02 Å². The van der Waals surface area contributed by atoms with Gasteiger partial charge in [0.05, 0.1) is 6.54 Å². The first kappa shape index (κ1) is 13.2. The molecule has 0 radical (unpaired) electrons. The lowest BCUT2D eigenvalue weighted by molar-refractivity contribution is -0.130. The third-order valence-corrected chi connectivity index (χ3v) is 3.56. The molecule has 4 heteroatoms. The van der Waals surface area contributed by atoms with Crippen molar-refractivity contribution in [2.45, 2.75) is 26.2 Å². The quantitative estimate of drug-likeness (QED) is 0.912. The van der Waals surface area contributed by atoms with Crippen molar-refractivity contribution >= 4 is 23.2 Å². The molecule has 1 amide bonds. The molecule has 0 aliphatic carbocycles. The Kier molecular flexibility index (Phi) is 4.48. The zero-order valence-corrected chi connectivity index (χ0v) is 11.5. The summed E-state index contributed by atoms with van der Waals surface area (Å²) in [6.07, 6.45) is 3.50. The smallest absolute Gasteiger partial charge is 0.241 e. The van der Waals surface area contributed by atoms with E-state index in [0.29, 0.717) is 6.54 Å². The van der Waals surface area contributed by atoms with Crippen LogP contribution in [0.25, 0.3) is 0 Å². The second-order valence-electron chi connectivity index (χ2n) is 4.75. The molecule has 1 N–H and O–H groups in total. The number of carbonyl (C=O) groups is 1. The molecule has 1 heterocycles. The number of benzene rings is 1. The van der Waals surface area contributed by atoms with Crippen molar-refractivity contribution < 1.29 is 4.79 Å². The lowest BCUT2D eigenvalue weighted by atomic mass is 10.1. The van der Waals surface area contributed by atoms with Gasteiger partial charge in [-0.1, -0.05) is 11.6 Å². The van der Waals surface area contributed by atoms with Crippen LogP contribution in [0, 0.1) is 6.92 Å². The monoisotopic (exact) mass is 266 g/mol. The number of hydrogen-bond donors (Lipinski definition) is 1. The Morgan fingerprint density at radius 3 is 2.72 bits per heavy atom. The van der Waals surface area contributed by atoms with Crippen LogP contribution in [-0.2, 0) is 4.79 Å². The summed E-state index contributed by atoms with van der Waals surface area (Å²) in [5.74, 6) is 0.184. The highest BCUT2D eigenvalue weighted by atomic mass is 35.5. The first-order valence-corrected chi connectivity index (χ1v) is 6.82. The molecule has 1 aromatic rings. The number of hydrogen-bond acceptors (Lipinski definition) is 2. The first-order chi connectivity index (χ1) is 8.66. The summed E-state index contributed by atoms with van der Waals surface area (Å²) in [6, 6.07) is 5.65. The van der Waals surface area contributed by atoms with Crippen LogP contribution in [-0.4, -0.2) is 30.4 Å². The number of rotatable bonds is 3. The van der Waals surface area contributed by atoms with Crippen molar-refractivity contribution in [1.82, 2.24) is 4.90 Å². The van der Waals surface area contributed by atoms with Crippen LogP contribution >= 0.6 is 11.6 Å². The van der Waals surface area contributed by atoms with Gasteiger partial charge in [-0.3, -0.25) is 4.79 Å². The molecule has 1 aliphatic rings. The van der Waals surface area contributed by atoms with Crippen molar-refractivity contribution in [3.63, 3.8) is 0 Å². The third kappa shape index (κ3) is 3.39. The standard InChI is InChI=1S/C14H19ClN2O/c1-11-9-12(15)5-6-13(11)16-10-14(18)17-7-3-2-4-8-17/h5-6,9,16H,2-4,7-8,10H2,1H3. The highest BCUT2D eigenvalue weighted by Crippen LogP contribution is 2.19. The number of nitrogens with zero attached hydrogens (tertiary/aromatic N) is 1. The fraction of sp³-hybridized carbons (Fsp3) is 0.500. The van der Waals surface area contributed by atoms with Crippen LogP contribution in [0.3, 0.4) is 0 Å². The van der Waals surface area contributed by atoms with E-state index in [0.717, 1.165) is 42.2 Å². The van der Waals surface area contributed by atoms with Gasteiger partial charge in [0.1, 0.15) is 0 Å². The van der Waals surface area contributed by atoms with Gasteiger partial charge in [-0.2, -0.15) is 0 Å². The maximum Gasteiger partial charge on any atom is 0.241 e. The van der Waals surface area contributed by atoms with E-state index in [2.05, 4.69) is 5.32 Å². The van der Waals surface area contributed by atoms with Gasteiger partial charge in [-0.05, 0) is 49.9 Å². The summed E-state index contributed by atoms with van der Waals surface area (Å²) in [7, 11) is 0. The van der Waals surface area contributed by atoms with Crippen LogP contribution in [0.1, 0.15) is 24.8 Å². The van der Waals surface area contributed by atoms with Gasteiger partial charge in [0.15, 0.2) is 0 Å². The molecule has 98 valence electrons. The number of aryl methyl sites for hydroxylation is 1. The minimum Gasteiger partial charge on any atom is -0.376 e. The number of piperidine rings is 1. The van der Waals surface area contributed by atoms with Crippen LogP contribution in [0.4, 0.5) is 5.69 Å². The zero-order valence-electron chi connectivity index (χ0n) is 10.7. The van der Waals surface area contributed by atoms with E-state index in [1.165, 1.54) is 6.42 Å². The van der Waals surface area contributed by atoms with Gasteiger partial charge in [0.2, 0.25) is 5.91 Å². The number of anilines is 1. The molecule has 2 rings (SSSR count). The largest absolute Gasteiger partial charge is 0.376 e. The molecule has 0 saturated carbocycles. The molecule has 1 aliphatic heterocycles. The Morgan fingerprint density at radius 1 is 1.33 bits per heavy atom. The Bertz CT molecular complexity index is 428. The van der Waals surface area contributed by atoms with E-state index in [-0.39, 0.29) is 5.91 Å². The molecule has 18 heavy (non-hydrogen) atoms. The number of halogens is 1. The fourth-order valence-corrected chi connectivity index (χ4v) is 2.48. The minimum absolute atomic E-state index is 0.184. The normalized spacial score (nSPS) is 15.6. The maximum atomic E-state index is 12.0. The number of likely N-dealkylation sites (tertiary alicyclic amines) is 1. The molecule has 0 spiro atoms. The van der Waals surface area contributed by atoms with Crippen molar-refractivity contribution in [2.24, 2.45) is 0 Å². The van der Waals surface area contributed by atoms with Crippen molar-refractivity contribution in [3.8, 4) is 0 Å². The third-order valence-electron chi connectivity index (χ3n) is 3.33. The van der Waals surface area contributed by atoms with Crippen LogP contribution < -0.4 is 5.32 Å². The Balaban J connectivity index is 1.88. The Hall–Kier alpha value is -1.22. The summed E-state index contributed by atoms with van der Waals surface area (Å²) in [6.45, 7) is 4.16. The van der Waals surface area contributed by atoms with E-state index in [1.807, 2.05) is 30.0 Å². The van der Waals surface area contributed by atoms with Crippen molar-refractivity contribution in [2.75, 3.05) is 25.0 Å². The molecule has 1 fully saturated rings. The van der Waals surface area contributed by atoms with Gasteiger partial charge in [0.25, 0.3) is 0 Å². The zero-order chi connectivity index (χ0) is 13.0. The van der Waals surface area contributed by atoms with E-state index >= 15 is 0 Å². The first-order valence-electron chi connectivity index (χ1n) is 6.44. The average molecular weight is 267 g/mol. The lowest BCUT2D eigenvalue weighted by Gasteiger charge is -2.27. The summed E-state index contributed by atoms with van der Waals surface area (Å²) in [5, 5.41) is 3.91. The fourth-order valence-electron chi connectivity index (χ4n) is 2.25. The minimum atomic E-state index is 0.184. The highest BCUT2D eigenvalue weighted by Gasteiger charge is 2.15. The number of amides is 1. The van der Waals surface area contributed by atoms with E-state index in [4.69, 9.17) is 11.6 Å². The summed E-state index contributed by atoms with van der Waals surface area (Å²) in [4.78, 5) is 13.9. The molecule has 0 unspecified atom stereocenters. The van der Waals surface area contributed by atoms with E-state index in [9.17, 15) is 4.79 Å². The van der Waals surface area contributed by atoms with Gasteiger partial charge >= 0.3 is 0 Å². The average Bonchev–Trinajstić information content (AvgIpc) is 2.38. The second-order valence-corrected chi connectivity index (χ2v) is 5.19. The molecular formula is C14H19ClN2O. The van der Waals surface area contributed by atoms with E-state index in [1.54, 1.807) is 0 Å². The Morgan fingerprint density at radius 2 is 2.06 bits per heavy atom. The highest BCUT2D eigenvalue weighted by molar-refractivity contribution is 6.30. The molecular weight excluding hydrogens is 248 g/mol. The van der Waals surface area contributed by atoms with Gasteiger partial charge in [0, 0.05) is 23.8 Å². The summed E-state index contributed by atoms with van der Waals surface area (Å²) < 4.78 is 0. The predicted octanol–water partition coefficient (Wildman–Crippen LogP) is 3.07. The molecule has 1 aromatic carbocycles. The molecule has 1 saturated heterocycles. The second kappa shape index (κ2) is 6.10. The number of carbonyl (C=O) groups excluding carboxylic acids is 1. The van der Waals surface area contributed by atoms with E-state index < -0.39 is 0 Å². The van der Waals surface area contributed by atoms with Gasteiger partial charge in [-0.15, -0.1) is 0 Å². The molecule has 0 aromatic heterocycles. The lowest BCUT2D eigenvalue weighted by Crippen LogP contribution is -2.39. The number of nitrogens with one attached hydrogen (secondary N) is 1.